The van der Waals surface area contributed by atoms with Crippen molar-refractivity contribution >= 4 is 10.0 Å². The van der Waals surface area contributed by atoms with Gasteiger partial charge in [-0.15, -0.1) is 0 Å². The predicted octanol–water partition coefficient (Wildman–Crippen LogP) is 2.49. The zero-order valence-electron chi connectivity index (χ0n) is 14.4. The molecule has 2 aromatic rings. The van der Waals surface area contributed by atoms with Gasteiger partial charge in [-0.3, -0.25) is 4.90 Å². The van der Waals surface area contributed by atoms with E-state index < -0.39 is 26.6 Å². The maximum Gasteiger partial charge on any atom is 0.246 e. The van der Waals surface area contributed by atoms with Crippen LogP contribution in [0.2, 0.25) is 0 Å². The first-order valence-corrected chi connectivity index (χ1v) is 9.86. The Balaban J connectivity index is 1.51. The van der Waals surface area contributed by atoms with E-state index in [2.05, 4.69) is 0 Å². The summed E-state index contributed by atoms with van der Waals surface area (Å²) in [4.78, 5) is 1.51. The largest absolute Gasteiger partial charge is 0.492 e. The zero-order valence-corrected chi connectivity index (χ0v) is 15.3. The number of hydrogen-bond donors (Lipinski definition) is 0. The van der Waals surface area contributed by atoms with E-state index in [0.717, 1.165) is 12.1 Å². The van der Waals surface area contributed by atoms with Gasteiger partial charge >= 0.3 is 0 Å². The molecule has 0 amide bonds. The summed E-state index contributed by atoms with van der Waals surface area (Å²) in [6.07, 6.45) is 0. The van der Waals surface area contributed by atoms with Gasteiger partial charge in [0.15, 0.2) is 0 Å². The van der Waals surface area contributed by atoms with Crippen LogP contribution < -0.4 is 4.74 Å². The van der Waals surface area contributed by atoms with Crippen molar-refractivity contribution in [1.29, 1.82) is 0 Å². The summed E-state index contributed by atoms with van der Waals surface area (Å²) in [5.74, 6) is -1.69. The van der Waals surface area contributed by atoms with E-state index in [0.29, 0.717) is 38.1 Å². The van der Waals surface area contributed by atoms with Crippen LogP contribution in [0.5, 0.6) is 5.75 Å². The number of rotatable bonds is 6. The Morgan fingerprint density at radius 3 is 2.15 bits per heavy atom. The lowest BCUT2D eigenvalue weighted by atomic mass is 10.3. The second-order valence-corrected chi connectivity index (χ2v) is 8.03. The van der Waals surface area contributed by atoms with Crippen LogP contribution in [0, 0.1) is 17.5 Å². The Morgan fingerprint density at radius 2 is 1.52 bits per heavy atom. The molecule has 1 saturated heterocycles. The Morgan fingerprint density at radius 1 is 0.889 bits per heavy atom. The molecular weight excluding hydrogens is 381 g/mol. The molecule has 0 radical (unpaired) electrons. The molecule has 0 N–H and O–H groups in total. The lowest BCUT2D eigenvalue weighted by Crippen LogP contribution is -2.49. The van der Waals surface area contributed by atoms with Crippen molar-refractivity contribution in [3.63, 3.8) is 0 Å². The normalized spacial score (nSPS) is 16.4. The Hall–Kier alpha value is -2.10. The van der Waals surface area contributed by atoms with Crippen LogP contribution in [0.25, 0.3) is 0 Å². The van der Waals surface area contributed by atoms with Crippen molar-refractivity contribution in [3.05, 3.63) is 59.9 Å². The molecule has 9 heteroatoms. The van der Waals surface area contributed by atoms with E-state index in [1.807, 2.05) is 4.90 Å². The SMILES string of the molecule is O=S(=O)(c1ccc(F)cc1F)N1CCN(CCOc2ccc(F)cc2)CC1. The van der Waals surface area contributed by atoms with Crippen LogP contribution in [0.3, 0.4) is 0 Å². The van der Waals surface area contributed by atoms with Crippen molar-refractivity contribution < 1.29 is 26.3 Å². The van der Waals surface area contributed by atoms with E-state index in [4.69, 9.17) is 4.74 Å². The van der Waals surface area contributed by atoms with Crippen molar-refractivity contribution in [2.24, 2.45) is 0 Å². The van der Waals surface area contributed by atoms with E-state index in [1.165, 1.54) is 28.6 Å². The molecule has 146 valence electrons. The molecule has 1 aliphatic heterocycles. The maximum atomic E-state index is 13.8. The van der Waals surface area contributed by atoms with Crippen LogP contribution in [0.4, 0.5) is 13.2 Å². The number of nitrogens with zero attached hydrogens (tertiary/aromatic N) is 2. The number of piperazine rings is 1. The average molecular weight is 400 g/mol. The molecule has 1 heterocycles. The summed E-state index contributed by atoms with van der Waals surface area (Å²) in [5.41, 5.74) is 0. The molecule has 0 spiro atoms. The first kappa shape index (κ1) is 19.7. The third kappa shape index (κ3) is 4.79. The Labute approximate surface area is 156 Å². The number of halogens is 3. The predicted molar refractivity (Wildman–Crippen MR) is 93.5 cm³/mol. The van der Waals surface area contributed by atoms with Gasteiger partial charge in [0.25, 0.3) is 0 Å². The summed E-state index contributed by atoms with van der Waals surface area (Å²) in [5, 5.41) is 0. The van der Waals surface area contributed by atoms with Crippen LogP contribution >= 0.6 is 0 Å². The molecule has 1 fully saturated rings. The molecular formula is C18H19F3N2O3S. The average Bonchev–Trinajstić information content (AvgIpc) is 2.63. The zero-order chi connectivity index (χ0) is 19.4. The minimum atomic E-state index is -4.00. The summed E-state index contributed by atoms with van der Waals surface area (Å²) in [6, 6.07) is 8.15. The summed E-state index contributed by atoms with van der Waals surface area (Å²) >= 11 is 0. The number of ether oxygens (including phenoxy) is 1. The minimum absolute atomic E-state index is 0.204. The molecule has 0 aromatic heterocycles. The number of sulfonamides is 1. The topological polar surface area (TPSA) is 49.9 Å². The molecule has 3 rings (SSSR count). The molecule has 2 aromatic carbocycles. The first-order valence-electron chi connectivity index (χ1n) is 8.42. The first-order chi connectivity index (χ1) is 12.9. The molecule has 1 aliphatic rings. The van der Waals surface area contributed by atoms with Gasteiger partial charge in [-0.2, -0.15) is 4.31 Å². The highest BCUT2D eigenvalue weighted by Gasteiger charge is 2.30. The van der Waals surface area contributed by atoms with E-state index >= 15 is 0 Å². The molecule has 0 aliphatic carbocycles. The quantitative estimate of drug-likeness (QED) is 0.748. The van der Waals surface area contributed by atoms with Gasteiger partial charge in [0.1, 0.15) is 34.7 Å². The smallest absolute Gasteiger partial charge is 0.246 e. The number of hydrogen-bond acceptors (Lipinski definition) is 4. The summed E-state index contributed by atoms with van der Waals surface area (Å²) < 4.78 is 71.5. The van der Waals surface area contributed by atoms with Crippen LogP contribution in [-0.2, 0) is 10.0 Å². The molecule has 0 saturated carbocycles. The minimum Gasteiger partial charge on any atom is -0.492 e. The number of benzene rings is 2. The summed E-state index contributed by atoms with van der Waals surface area (Å²) in [6.45, 7) is 2.30. The molecule has 27 heavy (non-hydrogen) atoms. The van der Waals surface area contributed by atoms with Crippen LogP contribution in [-0.4, -0.2) is 57.0 Å². The third-order valence-electron chi connectivity index (χ3n) is 4.33. The van der Waals surface area contributed by atoms with Crippen molar-refractivity contribution in [2.75, 3.05) is 39.3 Å². The lowest BCUT2D eigenvalue weighted by molar-refractivity contribution is 0.158. The van der Waals surface area contributed by atoms with Crippen LogP contribution in [0.15, 0.2) is 47.4 Å². The monoisotopic (exact) mass is 400 g/mol. The fraction of sp³-hybridized carbons (Fsp3) is 0.333. The Kier molecular flexibility index (Phi) is 6.03. The lowest BCUT2D eigenvalue weighted by Gasteiger charge is -2.33. The fourth-order valence-electron chi connectivity index (χ4n) is 2.84. The molecule has 5 nitrogen and oxygen atoms in total. The van der Waals surface area contributed by atoms with Gasteiger partial charge in [0, 0.05) is 38.8 Å². The maximum absolute atomic E-state index is 13.8. The molecule has 0 bridgehead atoms. The highest BCUT2D eigenvalue weighted by Crippen LogP contribution is 2.21. The van der Waals surface area contributed by atoms with Gasteiger partial charge < -0.3 is 4.74 Å². The fourth-order valence-corrected chi connectivity index (χ4v) is 4.31. The van der Waals surface area contributed by atoms with Gasteiger partial charge in [-0.05, 0) is 36.4 Å². The summed E-state index contributed by atoms with van der Waals surface area (Å²) in [7, 11) is -4.00. The third-order valence-corrected chi connectivity index (χ3v) is 6.26. The van der Waals surface area contributed by atoms with E-state index in [9.17, 15) is 21.6 Å². The molecule has 0 atom stereocenters. The van der Waals surface area contributed by atoms with Crippen molar-refractivity contribution in [2.45, 2.75) is 4.90 Å². The van der Waals surface area contributed by atoms with E-state index in [-0.39, 0.29) is 18.9 Å². The van der Waals surface area contributed by atoms with Crippen LogP contribution in [0.1, 0.15) is 0 Å². The van der Waals surface area contributed by atoms with Gasteiger partial charge in [0.05, 0.1) is 0 Å². The van der Waals surface area contributed by atoms with Crippen molar-refractivity contribution in [1.82, 2.24) is 9.21 Å². The Bertz CT molecular complexity index is 883. The van der Waals surface area contributed by atoms with Crippen molar-refractivity contribution in [3.8, 4) is 5.75 Å². The second kappa shape index (κ2) is 8.28. The van der Waals surface area contributed by atoms with Gasteiger partial charge in [-0.25, -0.2) is 21.6 Å². The second-order valence-electron chi connectivity index (χ2n) is 6.12. The van der Waals surface area contributed by atoms with Gasteiger partial charge in [0.2, 0.25) is 10.0 Å². The standard InChI is InChI=1S/C18H19F3N2O3S/c19-14-1-4-16(5-2-14)26-12-11-22-7-9-23(10-8-22)27(24,25)18-6-3-15(20)13-17(18)21/h1-6,13H,7-12H2. The van der Waals surface area contributed by atoms with E-state index in [1.54, 1.807) is 0 Å². The highest BCUT2D eigenvalue weighted by atomic mass is 32.2. The van der Waals surface area contributed by atoms with Gasteiger partial charge in [-0.1, -0.05) is 0 Å². The highest BCUT2D eigenvalue weighted by molar-refractivity contribution is 7.89. The molecule has 0 unspecified atom stereocenters.